The molecule has 0 bridgehead atoms. The Kier molecular flexibility index (Phi) is 5.73. The molecule has 0 heterocycles. The van der Waals surface area contributed by atoms with Crippen LogP contribution in [0.1, 0.15) is 24.2 Å². The average Bonchev–Trinajstić information content (AvgIpc) is 2.56. The highest BCUT2D eigenvalue weighted by atomic mass is 16.5. The second-order valence-electron chi connectivity index (χ2n) is 5.42. The number of ether oxygens (including phenoxy) is 1. The number of carbonyl (C=O) groups excluding carboxylic acids is 3. The van der Waals surface area contributed by atoms with Crippen molar-refractivity contribution >= 4 is 34.8 Å². The zero-order chi connectivity index (χ0) is 18.4. The van der Waals surface area contributed by atoms with Crippen LogP contribution < -0.4 is 16.4 Å². The van der Waals surface area contributed by atoms with Crippen LogP contribution in [0.3, 0.4) is 0 Å². The van der Waals surface area contributed by atoms with Gasteiger partial charge < -0.3 is 21.1 Å². The van der Waals surface area contributed by atoms with Crippen LogP contribution in [0, 0.1) is 0 Å². The van der Waals surface area contributed by atoms with Gasteiger partial charge in [-0.05, 0) is 49.4 Å². The van der Waals surface area contributed by atoms with Gasteiger partial charge in [-0.25, -0.2) is 4.79 Å². The van der Waals surface area contributed by atoms with Gasteiger partial charge in [0, 0.05) is 24.0 Å². The third kappa shape index (κ3) is 5.35. The number of hydrogen-bond acceptors (Lipinski definition) is 5. The van der Waals surface area contributed by atoms with E-state index in [9.17, 15) is 14.4 Å². The summed E-state index contributed by atoms with van der Waals surface area (Å²) in [4.78, 5) is 35.1. The lowest BCUT2D eigenvalue weighted by molar-refractivity contribution is -0.123. The standard InChI is InChI=1S/C18H19N3O4/c1-11(25-18(24)13-4-3-5-14(19)10-13)17(23)21-16-8-6-15(7-9-16)20-12(2)22/h3-11H,19H2,1-2H3,(H,20,22)(H,21,23). The van der Waals surface area contributed by atoms with Gasteiger partial charge in [-0.3, -0.25) is 9.59 Å². The van der Waals surface area contributed by atoms with Gasteiger partial charge in [-0.2, -0.15) is 0 Å². The monoisotopic (exact) mass is 341 g/mol. The summed E-state index contributed by atoms with van der Waals surface area (Å²) in [5.74, 6) is -1.28. The maximum Gasteiger partial charge on any atom is 0.338 e. The zero-order valence-electron chi connectivity index (χ0n) is 13.9. The lowest BCUT2D eigenvalue weighted by atomic mass is 10.2. The van der Waals surface area contributed by atoms with Crippen molar-refractivity contribution in [2.45, 2.75) is 20.0 Å². The Balaban J connectivity index is 1.93. The minimum atomic E-state index is -0.982. The molecule has 1 unspecified atom stereocenters. The van der Waals surface area contributed by atoms with E-state index in [1.165, 1.54) is 19.9 Å². The van der Waals surface area contributed by atoms with E-state index in [4.69, 9.17) is 10.5 Å². The van der Waals surface area contributed by atoms with E-state index in [1.807, 2.05) is 0 Å². The van der Waals surface area contributed by atoms with E-state index in [0.717, 1.165) is 0 Å². The van der Waals surface area contributed by atoms with Crippen molar-refractivity contribution in [3.05, 3.63) is 54.1 Å². The number of anilines is 3. The van der Waals surface area contributed by atoms with Gasteiger partial charge in [-0.15, -0.1) is 0 Å². The van der Waals surface area contributed by atoms with Gasteiger partial charge >= 0.3 is 5.97 Å². The molecular weight excluding hydrogens is 322 g/mol. The molecule has 0 aliphatic rings. The number of amides is 2. The largest absolute Gasteiger partial charge is 0.449 e. The van der Waals surface area contributed by atoms with Gasteiger partial charge in [0.15, 0.2) is 6.10 Å². The molecule has 2 amide bonds. The first-order chi connectivity index (χ1) is 11.8. The van der Waals surface area contributed by atoms with Crippen molar-refractivity contribution in [1.82, 2.24) is 0 Å². The van der Waals surface area contributed by atoms with Crippen molar-refractivity contribution in [2.24, 2.45) is 0 Å². The fourth-order valence-electron chi connectivity index (χ4n) is 2.03. The molecule has 0 aliphatic carbocycles. The van der Waals surface area contributed by atoms with Crippen LogP contribution in [0.2, 0.25) is 0 Å². The fourth-order valence-corrected chi connectivity index (χ4v) is 2.03. The van der Waals surface area contributed by atoms with E-state index in [0.29, 0.717) is 17.1 Å². The molecule has 4 N–H and O–H groups in total. The maximum absolute atomic E-state index is 12.1. The predicted molar refractivity (Wildman–Crippen MR) is 95.1 cm³/mol. The molecule has 2 aromatic rings. The highest BCUT2D eigenvalue weighted by Crippen LogP contribution is 2.15. The summed E-state index contributed by atoms with van der Waals surface area (Å²) in [7, 11) is 0. The van der Waals surface area contributed by atoms with E-state index in [-0.39, 0.29) is 11.5 Å². The highest BCUT2D eigenvalue weighted by Gasteiger charge is 2.19. The van der Waals surface area contributed by atoms with Crippen molar-refractivity contribution < 1.29 is 19.1 Å². The first kappa shape index (κ1) is 18.0. The van der Waals surface area contributed by atoms with E-state index in [1.54, 1.807) is 42.5 Å². The molecule has 0 saturated carbocycles. The van der Waals surface area contributed by atoms with Crippen LogP contribution in [0.25, 0.3) is 0 Å². The third-order valence-electron chi connectivity index (χ3n) is 3.25. The lowest BCUT2D eigenvalue weighted by Crippen LogP contribution is -2.30. The molecule has 2 rings (SSSR count). The molecule has 0 spiro atoms. The Bertz CT molecular complexity index is 787. The maximum atomic E-state index is 12.1. The van der Waals surface area contributed by atoms with Crippen molar-refractivity contribution in [1.29, 1.82) is 0 Å². The molecule has 2 aromatic carbocycles. The Morgan fingerprint density at radius 3 is 2.16 bits per heavy atom. The summed E-state index contributed by atoms with van der Waals surface area (Å²) in [6.07, 6.45) is -0.982. The summed E-state index contributed by atoms with van der Waals surface area (Å²) in [6, 6.07) is 12.9. The van der Waals surface area contributed by atoms with Crippen molar-refractivity contribution in [3.63, 3.8) is 0 Å². The van der Waals surface area contributed by atoms with Gasteiger partial charge in [0.05, 0.1) is 5.56 Å². The molecule has 0 saturated heterocycles. The molecular formula is C18H19N3O4. The molecule has 1 atom stereocenters. The molecule has 7 heteroatoms. The number of nitrogen functional groups attached to an aromatic ring is 1. The van der Waals surface area contributed by atoms with Crippen LogP contribution >= 0.6 is 0 Å². The number of nitrogens with one attached hydrogen (secondary N) is 2. The smallest absolute Gasteiger partial charge is 0.338 e. The van der Waals surface area contributed by atoms with Gasteiger partial charge in [0.25, 0.3) is 5.91 Å². The van der Waals surface area contributed by atoms with Crippen molar-refractivity contribution in [3.8, 4) is 0 Å². The highest BCUT2D eigenvalue weighted by molar-refractivity contribution is 5.98. The van der Waals surface area contributed by atoms with Gasteiger partial charge in [0.2, 0.25) is 5.91 Å². The van der Waals surface area contributed by atoms with Gasteiger partial charge in [0.1, 0.15) is 0 Å². The average molecular weight is 341 g/mol. The normalized spacial score (nSPS) is 11.3. The summed E-state index contributed by atoms with van der Waals surface area (Å²) in [6.45, 7) is 2.89. The third-order valence-corrected chi connectivity index (χ3v) is 3.25. The van der Waals surface area contributed by atoms with Crippen LogP contribution in [0.4, 0.5) is 17.1 Å². The molecule has 25 heavy (non-hydrogen) atoms. The van der Waals surface area contributed by atoms with E-state index in [2.05, 4.69) is 10.6 Å². The number of hydrogen-bond donors (Lipinski definition) is 3. The summed E-state index contributed by atoms with van der Waals surface area (Å²) >= 11 is 0. The molecule has 0 fully saturated rings. The lowest BCUT2D eigenvalue weighted by Gasteiger charge is -2.14. The molecule has 0 radical (unpaired) electrons. The molecule has 7 nitrogen and oxygen atoms in total. The number of benzene rings is 2. The second-order valence-corrected chi connectivity index (χ2v) is 5.42. The number of esters is 1. The number of rotatable bonds is 5. The zero-order valence-corrected chi connectivity index (χ0v) is 13.9. The summed E-state index contributed by atoms with van der Waals surface area (Å²) in [5.41, 5.74) is 7.47. The Morgan fingerprint density at radius 1 is 1.00 bits per heavy atom. The first-order valence-corrected chi connectivity index (χ1v) is 7.60. The minimum absolute atomic E-state index is 0.182. The van der Waals surface area contributed by atoms with Crippen LogP contribution in [-0.4, -0.2) is 23.9 Å². The first-order valence-electron chi connectivity index (χ1n) is 7.60. The molecule has 0 aromatic heterocycles. The number of nitrogens with two attached hydrogens (primary N) is 1. The SMILES string of the molecule is CC(=O)Nc1ccc(NC(=O)C(C)OC(=O)c2cccc(N)c2)cc1. The Hall–Kier alpha value is -3.35. The number of carbonyl (C=O) groups is 3. The van der Waals surface area contributed by atoms with Crippen LogP contribution in [0.5, 0.6) is 0 Å². The molecule has 0 aliphatic heterocycles. The predicted octanol–water partition coefficient (Wildman–Crippen LogP) is 2.41. The molecule has 130 valence electrons. The van der Waals surface area contributed by atoms with E-state index >= 15 is 0 Å². The Labute approximate surface area is 145 Å². The second kappa shape index (κ2) is 7.96. The van der Waals surface area contributed by atoms with Crippen LogP contribution in [-0.2, 0) is 14.3 Å². The van der Waals surface area contributed by atoms with Crippen LogP contribution in [0.15, 0.2) is 48.5 Å². The summed E-state index contributed by atoms with van der Waals surface area (Å²) < 4.78 is 5.14. The van der Waals surface area contributed by atoms with Gasteiger partial charge in [-0.1, -0.05) is 6.07 Å². The van der Waals surface area contributed by atoms with E-state index < -0.39 is 18.0 Å². The Morgan fingerprint density at radius 2 is 1.60 bits per heavy atom. The van der Waals surface area contributed by atoms with Crippen molar-refractivity contribution in [2.75, 3.05) is 16.4 Å². The minimum Gasteiger partial charge on any atom is -0.449 e. The fraction of sp³-hybridized carbons (Fsp3) is 0.167. The quantitative estimate of drug-likeness (QED) is 0.571. The topological polar surface area (TPSA) is 111 Å². The summed E-state index contributed by atoms with van der Waals surface area (Å²) in [5, 5.41) is 5.26.